The topological polar surface area (TPSA) is 86.8 Å². The summed E-state index contributed by atoms with van der Waals surface area (Å²) in [6.07, 6.45) is -4.02. The van der Waals surface area contributed by atoms with Gasteiger partial charge < -0.3 is 10.2 Å². The zero-order valence-corrected chi connectivity index (χ0v) is 26.4. The number of amides is 2. The molecule has 3 aromatic carbocycles. The quantitative estimate of drug-likeness (QED) is 0.248. The Hall–Kier alpha value is -2.99. The molecule has 232 valence electrons. The number of alkyl halides is 3. The molecule has 0 saturated carbocycles. The van der Waals surface area contributed by atoms with E-state index in [-0.39, 0.29) is 29.1 Å². The summed E-state index contributed by atoms with van der Waals surface area (Å²) in [5.74, 6) is -1.41. The molecule has 2 amide bonds. The summed E-state index contributed by atoms with van der Waals surface area (Å²) in [6, 6.07) is 14.1. The van der Waals surface area contributed by atoms with Crippen LogP contribution in [0.2, 0.25) is 15.1 Å². The van der Waals surface area contributed by atoms with E-state index in [0.29, 0.717) is 32.6 Å². The van der Waals surface area contributed by atoms with Crippen LogP contribution in [0.1, 0.15) is 30.5 Å². The monoisotopic (exact) mass is 677 g/mol. The van der Waals surface area contributed by atoms with E-state index in [2.05, 4.69) is 5.32 Å². The van der Waals surface area contributed by atoms with Crippen molar-refractivity contribution >= 4 is 62.3 Å². The first kappa shape index (κ1) is 34.5. The maximum Gasteiger partial charge on any atom is 0.416 e. The van der Waals surface area contributed by atoms with Gasteiger partial charge in [-0.1, -0.05) is 71.2 Å². The van der Waals surface area contributed by atoms with Gasteiger partial charge in [-0.3, -0.25) is 13.9 Å². The lowest BCUT2D eigenvalue weighted by Gasteiger charge is -2.34. The van der Waals surface area contributed by atoms with Crippen LogP contribution in [0.4, 0.5) is 18.9 Å². The number of benzene rings is 3. The zero-order chi connectivity index (χ0) is 32.1. The van der Waals surface area contributed by atoms with E-state index in [9.17, 15) is 31.2 Å². The minimum atomic E-state index is -4.81. The summed E-state index contributed by atoms with van der Waals surface area (Å²) >= 11 is 18.6. The third-order valence-electron chi connectivity index (χ3n) is 6.28. The Kier molecular flexibility index (Phi) is 11.4. The van der Waals surface area contributed by atoms with Gasteiger partial charge in [0.2, 0.25) is 21.8 Å². The van der Waals surface area contributed by atoms with Gasteiger partial charge in [-0.25, -0.2) is 8.42 Å². The molecular formula is C29H29Cl3F3N3O4S. The molecule has 0 spiro atoms. The molecule has 0 bridgehead atoms. The first-order valence-electron chi connectivity index (χ1n) is 12.9. The number of rotatable bonds is 11. The summed E-state index contributed by atoms with van der Waals surface area (Å²) in [4.78, 5) is 28.8. The van der Waals surface area contributed by atoms with Crippen LogP contribution in [-0.4, -0.2) is 50.0 Å². The lowest BCUT2D eigenvalue weighted by Crippen LogP contribution is -2.54. The van der Waals surface area contributed by atoms with Crippen molar-refractivity contribution in [3.63, 3.8) is 0 Å². The maximum atomic E-state index is 14.1. The number of carbonyl (C=O) groups excluding carboxylic acids is 2. The molecular weight excluding hydrogens is 650 g/mol. The second-order valence-corrected chi connectivity index (χ2v) is 13.2. The number of hydrogen-bond acceptors (Lipinski definition) is 4. The highest BCUT2D eigenvalue weighted by Crippen LogP contribution is 2.36. The third kappa shape index (κ3) is 9.50. The van der Waals surface area contributed by atoms with E-state index in [4.69, 9.17) is 34.8 Å². The van der Waals surface area contributed by atoms with Crippen molar-refractivity contribution in [2.45, 2.75) is 45.1 Å². The summed E-state index contributed by atoms with van der Waals surface area (Å²) in [5, 5.41) is 2.98. The summed E-state index contributed by atoms with van der Waals surface area (Å²) in [7, 11) is -4.35. The molecule has 1 N–H and O–H groups in total. The van der Waals surface area contributed by atoms with Gasteiger partial charge in [0, 0.05) is 29.1 Å². The van der Waals surface area contributed by atoms with Crippen LogP contribution in [0.5, 0.6) is 0 Å². The van der Waals surface area contributed by atoms with Gasteiger partial charge in [-0.15, -0.1) is 0 Å². The molecule has 3 aromatic rings. The molecule has 7 nitrogen and oxygen atoms in total. The first-order valence-corrected chi connectivity index (χ1v) is 15.9. The van der Waals surface area contributed by atoms with Crippen LogP contribution in [0.25, 0.3) is 0 Å². The van der Waals surface area contributed by atoms with Crippen molar-refractivity contribution < 1.29 is 31.2 Å². The van der Waals surface area contributed by atoms with E-state index in [0.717, 1.165) is 17.2 Å². The molecule has 0 aliphatic carbocycles. The van der Waals surface area contributed by atoms with Crippen LogP contribution in [0.15, 0.2) is 66.7 Å². The minimum absolute atomic E-state index is 0.0412. The second-order valence-electron chi connectivity index (χ2n) is 10.1. The molecule has 0 fully saturated rings. The molecule has 1 unspecified atom stereocenters. The fourth-order valence-corrected chi connectivity index (χ4v) is 5.83. The highest BCUT2D eigenvalue weighted by Gasteiger charge is 2.36. The van der Waals surface area contributed by atoms with Gasteiger partial charge in [0.25, 0.3) is 0 Å². The highest BCUT2D eigenvalue weighted by atomic mass is 35.5. The molecule has 14 heteroatoms. The van der Waals surface area contributed by atoms with Gasteiger partial charge in [0.1, 0.15) is 12.6 Å². The third-order valence-corrected chi connectivity index (χ3v) is 8.31. The largest absolute Gasteiger partial charge is 0.416 e. The fourth-order valence-electron chi connectivity index (χ4n) is 4.24. The second kappa shape index (κ2) is 14.2. The normalized spacial score (nSPS) is 12.6. The van der Waals surface area contributed by atoms with Crippen molar-refractivity contribution in [3.8, 4) is 0 Å². The minimum Gasteiger partial charge on any atom is -0.352 e. The van der Waals surface area contributed by atoms with E-state index < -0.39 is 51.9 Å². The molecule has 1 atom stereocenters. The predicted octanol–water partition coefficient (Wildman–Crippen LogP) is 6.60. The summed E-state index contributed by atoms with van der Waals surface area (Å²) < 4.78 is 66.8. The average Bonchev–Trinajstić information content (AvgIpc) is 2.89. The maximum absolute atomic E-state index is 14.1. The fraction of sp³-hybridized carbons (Fsp3) is 0.310. The van der Waals surface area contributed by atoms with Gasteiger partial charge >= 0.3 is 6.18 Å². The number of sulfonamides is 1. The SMILES string of the molecule is CC(C)NC(=O)C(Cc1ccccc1)N(Cc1ccc(Cl)cc1Cl)C(=O)CN(c1cc(C(F)(F)F)ccc1Cl)S(C)(=O)=O. The Morgan fingerprint density at radius 3 is 2.14 bits per heavy atom. The standard InChI is InChI=1S/C29H29Cl3F3N3O4S/c1-18(2)36-28(40)26(13-19-7-5-4-6-8-19)37(16-20-9-11-22(30)15-24(20)32)27(39)17-38(43(3,41)42)25-14-21(29(33,34)35)10-12-23(25)31/h4-12,14-15,18,26H,13,16-17H2,1-3H3,(H,36,40). The molecule has 43 heavy (non-hydrogen) atoms. The van der Waals surface area contributed by atoms with Gasteiger partial charge in [0.05, 0.1) is 22.5 Å². The highest BCUT2D eigenvalue weighted by molar-refractivity contribution is 7.92. The van der Waals surface area contributed by atoms with Gasteiger partial charge in [-0.05, 0) is 55.3 Å². The van der Waals surface area contributed by atoms with Crippen molar-refractivity contribution in [1.82, 2.24) is 10.2 Å². The van der Waals surface area contributed by atoms with Gasteiger partial charge in [0.15, 0.2) is 0 Å². The molecule has 0 aliphatic heterocycles. The number of halogens is 6. The van der Waals surface area contributed by atoms with Crippen LogP contribution < -0.4 is 9.62 Å². The van der Waals surface area contributed by atoms with E-state index in [1.165, 1.54) is 12.1 Å². The Balaban J connectivity index is 2.14. The predicted molar refractivity (Wildman–Crippen MR) is 163 cm³/mol. The number of anilines is 1. The number of carbonyl (C=O) groups is 2. The Morgan fingerprint density at radius 2 is 1.58 bits per heavy atom. The first-order chi connectivity index (χ1) is 20.0. The van der Waals surface area contributed by atoms with Crippen LogP contribution in [0, 0.1) is 0 Å². The van der Waals surface area contributed by atoms with Crippen LogP contribution in [0.3, 0.4) is 0 Å². The Labute approximate surface area is 263 Å². The average molecular weight is 679 g/mol. The Bertz CT molecular complexity index is 1570. The van der Waals surface area contributed by atoms with E-state index in [1.807, 2.05) is 0 Å². The smallest absolute Gasteiger partial charge is 0.352 e. The van der Waals surface area contributed by atoms with Crippen LogP contribution in [-0.2, 0) is 38.8 Å². The Morgan fingerprint density at radius 1 is 0.930 bits per heavy atom. The van der Waals surface area contributed by atoms with Crippen molar-refractivity contribution in [1.29, 1.82) is 0 Å². The van der Waals surface area contributed by atoms with E-state index >= 15 is 0 Å². The zero-order valence-electron chi connectivity index (χ0n) is 23.3. The molecule has 0 aromatic heterocycles. The number of nitrogens with zero attached hydrogens (tertiary/aromatic N) is 2. The molecule has 0 saturated heterocycles. The van der Waals surface area contributed by atoms with Crippen molar-refractivity contribution in [2.24, 2.45) is 0 Å². The summed E-state index contributed by atoms with van der Waals surface area (Å²) in [5.41, 5.74) is -0.593. The molecule has 0 aliphatic rings. The van der Waals surface area contributed by atoms with E-state index in [1.54, 1.807) is 50.2 Å². The summed E-state index contributed by atoms with van der Waals surface area (Å²) in [6.45, 7) is 2.28. The number of hydrogen-bond donors (Lipinski definition) is 1. The molecule has 3 rings (SSSR count). The lowest BCUT2D eigenvalue weighted by molar-refractivity contribution is -0.140. The number of nitrogens with one attached hydrogen (secondary N) is 1. The van der Waals surface area contributed by atoms with Gasteiger partial charge in [-0.2, -0.15) is 13.2 Å². The molecule has 0 heterocycles. The van der Waals surface area contributed by atoms with Crippen LogP contribution >= 0.6 is 34.8 Å². The molecule has 0 radical (unpaired) electrons. The van der Waals surface area contributed by atoms with Crippen molar-refractivity contribution in [3.05, 3.63) is 98.5 Å². The van der Waals surface area contributed by atoms with Crippen molar-refractivity contribution in [2.75, 3.05) is 17.1 Å². The lowest BCUT2D eigenvalue weighted by atomic mass is 10.0.